The number of benzene rings is 2. The molecular weight excluding hydrogens is 672 g/mol. The predicted octanol–water partition coefficient (Wildman–Crippen LogP) is 5.82. The topological polar surface area (TPSA) is 174 Å². The van der Waals surface area contributed by atoms with Gasteiger partial charge in [0.05, 0.1) is 43.5 Å². The third-order valence-electron chi connectivity index (χ3n) is 9.37. The van der Waals surface area contributed by atoms with E-state index in [2.05, 4.69) is 76.7 Å². The van der Waals surface area contributed by atoms with Gasteiger partial charge < -0.3 is 35.1 Å². The van der Waals surface area contributed by atoms with Crippen LogP contribution in [0.1, 0.15) is 57.7 Å². The number of hydrogen-bond donors (Lipinski definition) is 4. The maximum atomic E-state index is 13.8. The first-order valence-electron chi connectivity index (χ1n) is 18.0. The van der Waals surface area contributed by atoms with Crippen molar-refractivity contribution < 1.29 is 19.1 Å². The zero-order valence-electron chi connectivity index (χ0n) is 30.5. The summed E-state index contributed by atoms with van der Waals surface area (Å²) in [6.07, 6.45) is 8.62. The molecule has 1 aliphatic heterocycles. The van der Waals surface area contributed by atoms with E-state index in [9.17, 15) is 14.4 Å². The number of aromatic amines is 2. The smallest absolute Gasteiger partial charge is 0.407 e. The summed E-state index contributed by atoms with van der Waals surface area (Å²) in [5.41, 5.74) is 5.86. The van der Waals surface area contributed by atoms with E-state index in [1.807, 2.05) is 44.0 Å². The van der Waals surface area contributed by atoms with Crippen LogP contribution < -0.4 is 10.6 Å². The van der Waals surface area contributed by atoms with Gasteiger partial charge in [0.15, 0.2) is 0 Å². The van der Waals surface area contributed by atoms with Crippen LogP contribution in [0.25, 0.3) is 33.6 Å². The molecule has 4 N–H and O–H groups in total. The minimum atomic E-state index is -0.645. The predicted molar refractivity (Wildman–Crippen MR) is 201 cm³/mol. The highest BCUT2D eigenvalue weighted by atomic mass is 16.5. The number of amides is 3. The van der Waals surface area contributed by atoms with Crippen LogP contribution in [0.15, 0.2) is 79.5 Å². The van der Waals surface area contributed by atoms with E-state index in [0.717, 1.165) is 58.7 Å². The number of likely N-dealkylation sites (tertiary alicyclic amines) is 1. The summed E-state index contributed by atoms with van der Waals surface area (Å²) in [6.45, 7) is 7.43. The van der Waals surface area contributed by atoms with Crippen LogP contribution in [0, 0.1) is 5.92 Å². The van der Waals surface area contributed by atoms with Gasteiger partial charge in [-0.2, -0.15) is 0 Å². The molecule has 2 aromatic carbocycles. The maximum Gasteiger partial charge on any atom is 0.407 e. The van der Waals surface area contributed by atoms with Crippen LogP contribution in [0.5, 0.6) is 0 Å². The van der Waals surface area contributed by atoms with E-state index in [1.54, 1.807) is 23.4 Å². The van der Waals surface area contributed by atoms with E-state index in [-0.39, 0.29) is 30.3 Å². The van der Waals surface area contributed by atoms with Gasteiger partial charge in [-0.25, -0.2) is 24.7 Å². The Labute approximate surface area is 308 Å². The molecule has 0 bridgehead atoms. The lowest BCUT2D eigenvalue weighted by Crippen LogP contribution is -2.45. The van der Waals surface area contributed by atoms with E-state index in [0.29, 0.717) is 31.3 Å². The number of hydrogen-bond acceptors (Lipinski definition) is 9. The Kier molecular flexibility index (Phi) is 11.8. The Morgan fingerprint density at radius 1 is 0.925 bits per heavy atom. The van der Waals surface area contributed by atoms with Crippen molar-refractivity contribution >= 4 is 23.7 Å². The molecule has 1 fully saturated rings. The van der Waals surface area contributed by atoms with Gasteiger partial charge in [0.1, 0.15) is 36.4 Å². The molecule has 2 unspecified atom stereocenters. The second-order valence-corrected chi connectivity index (χ2v) is 13.4. The molecule has 276 valence electrons. The number of aromatic nitrogens is 6. The number of H-pyrrole nitrogens is 2. The van der Waals surface area contributed by atoms with Crippen molar-refractivity contribution in [3.63, 3.8) is 0 Å². The van der Waals surface area contributed by atoms with E-state index in [1.165, 1.54) is 13.4 Å². The molecule has 1 aliphatic rings. The molecule has 4 heterocycles. The van der Waals surface area contributed by atoms with Gasteiger partial charge in [-0.1, -0.05) is 69.3 Å². The quantitative estimate of drug-likeness (QED) is 0.110. The zero-order valence-corrected chi connectivity index (χ0v) is 30.5. The number of carbonyl (C=O) groups excluding carboxylic acids is 3. The summed E-state index contributed by atoms with van der Waals surface area (Å²) < 4.78 is 4.56. The van der Waals surface area contributed by atoms with Gasteiger partial charge in [-0.3, -0.25) is 9.59 Å². The van der Waals surface area contributed by atoms with E-state index in [4.69, 9.17) is 4.98 Å². The maximum absolute atomic E-state index is 13.8. The van der Waals surface area contributed by atoms with Crippen molar-refractivity contribution in [3.8, 4) is 33.6 Å². The molecule has 3 aromatic heterocycles. The number of nitrogens with zero attached hydrogens (tertiary/aromatic N) is 6. The molecule has 0 saturated carbocycles. The minimum Gasteiger partial charge on any atom is -0.453 e. The average molecular weight is 719 g/mol. The molecule has 0 aliphatic carbocycles. The standard InChI is InChI=1S/C39H46N10O4/c1-5-18-48(35(50)22-43-39(52)53-4)23-34-41-20-30(45-34)28-12-8-26(9-13-28)27-10-14-29(15-11-27)31-21-42-37(46-31)32-7-6-19-49(32)38(51)36(25(2)3)47-33-16-17-40-24-44-33/h8-17,20-21,24-25,32,36H,5-7,18-19,22-23H2,1-4H3,(H,41,45)(H,42,46)(H,43,52)(H,40,44,47). The number of anilines is 1. The van der Waals surface area contributed by atoms with Crippen molar-refractivity contribution in [1.82, 2.24) is 45.0 Å². The number of methoxy groups -OCH3 is 1. The van der Waals surface area contributed by atoms with Crippen LogP contribution in [0.3, 0.4) is 0 Å². The minimum absolute atomic E-state index is 0.0411. The van der Waals surface area contributed by atoms with Crippen molar-refractivity contribution in [2.24, 2.45) is 5.92 Å². The van der Waals surface area contributed by atoms with Crippen LogP contribution >= 0.6 is 0 Å². The lowest BCUT2D eigenvalue weighted by molar-refractivity contribution is -0.134. The fourth-order valence-electron chi connectivity index (χ4n) is 6.54. The fourth-order valence-corrected chi connectivity index (χ4v) is 6.54. The summed E-state index contributed by atoms with van der Waals surface area (Å²) >= 11 is 0. The van der Waals surface area contributed by atoms with Gasteiger partial charge in [-0.05, 0) is 53.5 Å². The Morgan fingerprint density at radius 2 is 1.58 bits per heavy atom. The molecule has 0 radical (unpaired) electrons. The third kappa shape index (κ3) is 8.88. The Bertz CT molecular complexity index is 1980. The number of rotatable bonds is 14. The van der Waals surface area contributed by atoms with Crippen molar-refractivity contribution in [2.75, 3.05) is 32.1 Å². The number of imidazole rings is 2. The monoisotopic (exact) mass is 718 g/mol. The largest absolute Gasteiger partial charge is 0.453 e. The van der Waals surface area contributed by atoms with Crippen LogP contribution in [0.2, 0.25) is 0 Å². The summed E-state index contributed by atoms with van der Waals surface area (Å²) in [6, 6.07) is 17.8. The number of ether oxygens (including phenoxy) is 1. The van der Waals surface area contributed by atoms with Crippen molar-refractivity contribution in [3.05, 3.63) is 91.2 Å². The molecule has 14 heteroatoms. The van der Waals surface area contributed by atoms with E-state index >= 15 is 0 Å². The molecule has 14 nitrogen and oxygen atoms in total. The SMILES string of the molecule is CCCN(Cc1ncc(-c2ccc(-c3ccc(-c4cnc(C5CCCN5C(=O)C(Nc5ccncn5)C(C)C)[nH]4)cc3)cc2)[nH]1)C(=O)CNC(=O)OC. The zero-order chi connectivity index (χ0) is 37.3. The summed E-state index contributed by atoms with van der Waals surface area (Å²) in [7, 11) is 1.26. The normalized spacial score (nSPS) is 14.6. The second-order valence-electron chi connectivity index (χ2n) is 13.4. The summed E-state index contributed by atoms with van der Waals surface area (Å²) in [4.78, 5) is 65.8. The van der Waals surface area contributed by atoms with Gasteiger partial charge in [-0.15, -0.1) is 0 Å². The molecule has 53 heavy (non-hydrogen) atoms. The number of nitrogens with one attached hydrogen (secondary N) is 4. The van der Waals surface area contributed by atoms with Gasteiger partial charge in [0, 0.05) is 19.3 Å². The van der Waals surface area contributed by atoms with Crippen LogP contribution in [-0.2, 0) is 20.9 Å². The second kappa shape index (κ2) is 17.0. The van der Waals surface area contributed by atoms with Crippen molar-refractivity contribution in [1.29, 1.82) is 0 Å². The van der Waals surface area contributed by atoms with E-state index < -0.39 is 12.1 Å². The molecule has 1 saturated heterocycles. The molecule has 0 spiro atoms. The molecule has 3 amide bonds. The van der Waals surface area contributed by atoms with Gasteiger partial charge >= 0.3 is 6.09 Å². The van der Waals surface area contributed by atoms with Crippen molar-refractivity contribution in [2.45, 2.75) is 58.7 Å². The first-order valence-corrected chi connectivity index (χ1v) is 18.0. The highest BCUT2D eigenvalue weighted by molar-refractivity contribution is 5.85. The van der Waals surface area contributed by atoms with Gasteiger partial charge in [0.2, 0.25) is 11.8 Å². The highest BCUT2D eigenvalue weighted by Gasteiger charge is 2.37. The number of alkyl carbamates (subject to hydrolysis) is 1. The first-order chi connectivity index (χ1) is 25.7. The Balaban J connectivity index is 1.08. The number of carbonyl (C=O) groups is 3. The Morgan fingerprint density at radius 3 is 2.21 bits per heavy atom. The van der Waals surface area contributed by atoms with Gasteiger partial charge in [0.25, 0.3) is 0 Å². The average Bonchev–Trinajstić information content (AvgIpc) is 3.98. The van der Waals surface area contributed by atoms with Crippen LogP contribution in [-0.4, -0.2) is 90.4 Å². The highest BCUT2D eigenvalue weighted by Crippen LogP contribution is 2.34. The third-order valence-corrected chi connectivity index (χ3v) is 9.37. The first kappa shape index (κ1) is 36.7. The Hall–Kier alpha value is -6.05. The summed E-state index contributed by atoms with van der Waals surface area (Å²) in [5.74, 6) is 1.97. The van der Waals surface area contributed by atoms with Crippen LogP contribution in [0.4, 0.5) is 10.6 Å². The lowest BCUT2D eigenvalue weighted by Gasteiger charge is -2.30. The lowest BCUT2D eigenvalue weighted by atomic mass is 10.0. The fraction of sp³-hybridized carbons (Fsp3) is 0.359. The summed E-state index contributed by atoms with van der Waals surface area (Å²) in [5, 5.41) is 5.75. The molecule has 5 aromatic rings. The molecule has 6 rings (SSSR count). The molecule has 2 atom stereocenters. The molecular formula is C39H46N10O4.